The third kappa shape index (κ3) is 2.44. The van der Waals surface area contributed by atoms with Crippen LogP contribution in [0.1, 0.15) is 36.2 Å². The summed E-state index contributed by atoms with van der Waals surface area (Å²) >= 11 is 0. The summed E-state index contributed by atoms with van der Waals surface area (Å²) in [4.78, 5) is 18.9. The summed E-state index contributed by atoms with van der Waals surface area (Å²) in [5.74, 6) is 1.75. The van der Waals surface area contributed by atoms with Crippen molar-refractivity contribution in [1.82, 2.24) is 9.97 Å². The molecule has 0 radical (unpaired) electrons. The number of hydrogen-bond acceptors (Lipinski definition) is 4. The van der Waals surface area contributed by atoms with Crippen LogP contribution in [0.4, 0.5) is 5.82 Å². The highest BCUT2D eigenvalue weighted by atomic mass is 16.4. The number of aromatic carboxylic acids is 1. The zero-order valence-electron chi connectivity index (χ0n) is 10.2. The quantitative estimate of drug-likeness (QED) is 0.804. The molecule has 0 aliphatic heterocycles. The molecule has 0 amide bonds. The second-order valence-electron chi connectivity index (χ2n) is 5.28. The van der Waals surface area contributed by atoms with E-state index in [1.807, 2.05) is 0 Å². The number of aromatic nitrogens is 2. The molecule has 2 aliphatic rings. The van der Waals surface area contributed by atoms with Crippen LogP contribution in [0, 0.1) is 17.8 Å². The first kappa shape index (κ1) is 11.4. The first-order chi connectivity index (χ1) is 8.75. The lowest BCUT2D eigenvalue weighted by Gasteiger charge is -2.17. The standard InChI is InChI=1S/C13H17N3O2/c17-13(18)11-12(15-6-5-14-11)16-7-10(8-1-2-8)9-3-4-9/h5-6,8-10H,1-4,7H2,(H,15,16)(H,17,18). The minimum Gasteiger partial charge on any atom is -0.476 e. The third-order valence-electron chi connectivity index (χ3n) is 3.86. The van der Waals surface area contributed by atoms with Crippen molar-refractivity contribution in [3.63, 3.8) is 0 Å². The van der Waals surface area contributed by atoms with Crippen molar-refractivity contribution in [1.29, 1.82) is 0 Å². The average molecular weight is 247 g/mol. The van der Waals surface area contributed by atoms with Crippen LogP contribution in [0.15, 0.2) is 12.4 Å². The van der Waals surface area contributed by atoms with Crippen LogP contribution in [0.3, 0.4) is 0 Å². The number of nitrogens with one attached hydrogen (secondary N) is 1. The molecule has 2 aliphatic carbocycles. The van der Waals surface area contributed by atoms with E-state index in [-0.39, 0.29) is 5.69 Å². The van der Waals surface area contributed by atoms with Crippen molar-refractivity contribution in [2.45, 2.75) is 25.7 Å². The molecular weight excluding hydrogens is 230 g/mol. The van der Waals surface area contributed by atoms with Gasteiger partial charge in [-0.05, 0) is 43.4 Å². The lowest BCUT2D eigenvalue weighted by molar-refractivity contribution is 0.0691. The molecule has 18 heavy (non-hydrogen) atoms. The lowest BCUT2D eigenvalue weighted by Crippen LogP contribution is -2.20. The van der Waals surface area contributed by atoms with Crippen molar-refractivity contribution in [3.8, 4) is 0 Å². The molecule has 1 aromatic heterocycles. The van der Waals surface area contributed by atoms with E-state index >= 15 is 0 Å². The van der Waals surface area contributed by atoms with Crippen LogP contribution < -0.4 is 5.32 Å². The van der Waals surface area contributed by atoms with E-state index in [1.165, 1.54) is 38.1 Å². The summed E-state index contributed by atoms with van der Waals surface area (Å²) in [5.41, 5.74) is 0.0165. The van der Waals surface area contributed by atoms with Gasteiger partial charge in [-0.1, -0.05) is 0 Å². The summed E-state index contributed by atoms with van der Waals surface area (Å²) in [7, 11) is 0. The van der Waals surface area contributed by atoms with E-state index in [0.29, 0.717) is 11.7 Å². The minimum atomic E-state index is -1.03. The molecule has 0 aromatic carbocycles. The molecule has 0 unspecified atom stereocenters. The molecule has 1 aromatic rings. The van der Waals surface area contributed by atoms with Gasteiger partial charge in [0.25, 0.3) is 0 Å². The molecule has 96 valence electrons. The van der Waals surface area contributed by atoms with Gasteiger partial charge in [0.2, 0.25) is 0 Å². The fourth-order valence-corrected chi connectivity index (χ4v) is 2.61. The van der Waals surface area contributed by atoms with E-state index in [4.69, 9.17) is 5.11 Å². The largest absolute Gasteiger partial charge is 0.476 e. The number of carboxylic acids is 1. The molecular formula is C13H17N3O2. The monoisotopic (exact) mass is 247 g/mol. The van der Waals surface area contributed by atoms with Gasteiger partial charge < -0.3 is 10.4 Å². The zero-order chi connectivity index (χ0) is 12.5. The molecule has 0 saturated heterocycles. The van der Waals surface area contributed by atoms with E-state index in [0.717, 1.165) is 18.4 Å². The van der Waals surface area contributed by atoms with Gasteiger partial charge in [-0.25, -0.2) is 14.8 Å². The molecule has 3 rings (SSSR count). The van der Waals surface area contributed by atoms with Gasteiger partial charge >= 0.3 is 5.97 Å². The zero-order valence-corrected chi connectivity index (χ0v) is 10.2. The Balaban J connectivity index is 1.66. The number of carboxylic acid groups (broad SMARTS) is 1. The van der Waals surface area contributed by atoms with Gasteiger partial charge in [0, 0.05) is 18.9 Å². The topological polar surface area (TPSA) is 75.1 Å². The van der Waals surface area contributed by atoms with Crippen LogP contribution >= 0.6 is 0 Å². The minimum absolute atomic E-state index is 0.0165. The van der Waals surface area contributed by atoms with Crippen LogP contribution in [-0.4, -0.2) is 27.6 Å². The molecule has 5 heteroatoms. The Morgan fingerprint density at radius 1 is 1.28 bits per heavy atom. The lowest BCUT2D eigenvalue weighted by atomic mass is 9.98. The molecule has 0 atom stereocenters. The van der Waals surface area contributed by atoms with Crippen molar-refractivity contribution in [2.75, 3.05) is 11.9 Å². The Morgan fingerprint density at radius 3 is 2.44 bits per heavy atom. The van der Waals surface area contributed by atoms with Gasteiger partial charge in [-0.2, -0.15) is 0 Å². The highest BCUT2D eigenvalue weighted by Gasteiger charge is 2.41. The predicted molar refractivity (Wildman–Crippen MR) is 66.4 cm³/mol. The number of nitrogens with zero attached hydrogens (tertiary/aromatic N) is 2. The molecule has 2 saturated carbocycles. The second-order valence-corrected chi connectivity index (χ2v) is 5.28. The summed E-state index contributed by atoms with van der Waals surface area (Å²) in [6.07, 6.45) is 8.25. The van der Waals surface area contributed by atoms with E-state index < -0.39 is 5.97 Å². The Hall–Kier alpha value is -1.65. The molecule has 1 heterocycles. The fourth-order valence-electron chi connectivity index (χ4n) is 2.61. The van der Waals surface area contributed by atoms with Gasteiger partial charge in [0.1, 0.15) is 0 Å². The first-order valence-electron chi connectivity index (χ1n) is 6.54. The summed E-state index contributed by atoms with van der Waals surface area (Å²) < 4.78 is 0. The van der Waals surface area contributed by atoms with Gasteiger partial charge in [-0.15, -0.1) is 0 Å². The fraction of sp³-hybridized carbons (Fsp3) is 0.615. The van der Waals surface area contributed by atoms with Crippen LogP contribution in [0.25, 0.3) is 0 Å². The Bertz CT molecular complexity index is 443. The Kier molecular flexibility index (Phi) is 2.89. The maximum absolute atomic E-state index is 11.0. The van der Waals surface area contributed by atoms with Gasteiger partial charge in [0.05, 0.1) is 0 Å². The van der Waals surface area contributed by atoms with E-state index in [2.05, 4.69) is 15.3 Å². The highest BCUT2D eigenvalue weighted by Crippen LogP contribution is 2.49. The second kappa shape index (κ2) is 4.55. The number of rotatable bonds is 6. The predicted octanol–water partition coefficient (Wildman–Crippen LogP) is 2.02. The smallest absolute Gasteiger partial charge is 0.358 e. The maximum atomic E-state index is 11.0. The molecule has 0 spiro atoms. The normalized spacial score (nSPS) is 18.9. The summed E-state index contributed by atoms with van der Waals surface area (Å²) in [6, 6.07) is 0. The van der Waals surface area contributed by atoms with Gasteiger partial charge in [0.15, 0.2) is 11.5 Å². The van der Waals surface area contributed by atoms with Crippen molar-refractivity contribution >= 4 is 11.8 Å². The van der Waals surface area contributed by atoms with Crippen molar-refractivity contribution in [3.05, 3.63) is 18.1 Å². The maximum Gasteiger partial charge on any atom is 0.358 e. The number of anilines is 1. The SMILES string of the molecule is O=C(O)c1nccnc1NCC(C1CC1)C1CC1. The van der Waals surface area contributed by atoms with Crippen molar-refractivity contribution < 1.29 is 9.90 Å². The molecule has 2 fully saturated rings. The van der Waals surface area contributed by atoms with Crippen LogP contribution in [-0.2, 0) is 0 Å². The first-order valence-corrected chi connectivity index (χ1v) is 6.54. The van der Waals surface area contributed by atoms with E-state index in [1.54, 1.807) is 0 Å². The summed E-state index contributed by atoms with van der Waals surface area (Å²) in [5, 5.41) is 12.2. The summed E-state index contributed by atoms with van der Waals surface area (Å²) in [6.45, 7) is 0.828. The van der Waals surface area contributed by atoms with Gasteiger partial charge in [-0.3, -0.25) is 0 Å². The number of carbonyl (C=O) groups is 1. The van der Waals surface area contributed by atoms with Crippen LogP contribution in [0.2, 0.25) is 0 Å². The average Bonchev–Trinajstić information content (AvgIpc) is 3.24. The molecule has 2 N–H and O–H groups in total. The number of hydrogen-bond donors (Lipinski definition) is 2. The third-order valence-corrected chi connectivity index (χ3v) is 3.86. The Morgan fingerprint density at radius 2 is 1.89 bits per heavy atom. The van der Waals surface area contributed by atoms with Crippen molar-refractivity contribution in [2.24, 2.45) is 17.8 Å². The highest BCUT2D eigenvalue weighted by molar-refractivity contribution is 5.90. The Labute approximate surface area is 106 Å². The molecule has 0 bridgehead atoms. The van der Waals surface area contributed by atoms with Crippen LogP contribution in [0.5, 0.6) is 0 Å². The van der Waals surface area contributed by atoms with E-state index in [9.17, 15) is 4.79 Å². The molecule has 5 nitrogen and oxygen atoms in total.